The van der Waals surface area contributed by atoms with Gasteiger partial charge in [0.25, 0.3) is 0 Å². The molecule has 2 N–H and O–H groups in total. The van der Waals surface area contributed by atoms with Crippen LogP contribution in [0.4, 0.5) is 5.69 Å². The number of aliphatic carboxylic acids is 1. The Hall–Kier alpha value is -2.29. The van der Waals surface area contributed by atoms with Gasteiger partial charge < -0.3 is 28.8 Å². The maximum absolute atomic E-state index is 13.1. The lowest BCUT2D eigenvalue weighted by Crippen LogP contribution is -2.25. The number of ether oxygens (including phenoxy) is 1. The maximum atomic E-state index is 13.1. The number of rotatable bonds is 20. The summed E-state index contributed by atoms with van der Waals surface area (Å²) >= 11 is 0. The molecule has 0 radical (unpaired) electrons. The topological polar surface area (TPSA) is 108 Å². The summed E-state index contributed by atoms with van der Waals surface area (Å²) in [7, 11) is -1.38. The highest BCUT2D eigenvalue weighted by molar-refractivity contribution is 7.41. The van der Waals surface area contributed by atoms with E-state index in [1.807, 2.05) is 28.8 Å². The van der Waals surface area contributed by atoms with E-state index in [-0.39, 0.29) is 18.0 Å². The van der Waals surface area contributed by atoms with Crippen LogP contribution in [0, 0.1) is 5.41 Å². The molecule has 1 aliphatic rings. The zero-order valence-electron chi connectivity index (χ0n) is 24.3. The van der Waals surface area contributed by atoms with Crippen molar-refractivity contribution in [2.24, 2.45) is 5.41 Å². The van der Waals surface area contributed by atoms with Gasteiger partial charge in [0.1, 0.15) is 0 Å². The van der Waals surface area contributed by atoms with Crippen molar-refractivity contribution in [3.8, 4) is 0 Å². The molecule has 1 aromatic heterocycles. The lowest BCUT2D eigenvalue weighted by atomic mass is 9.89. The molecule has 40 heavy (non-hydrogen) atoms. The van der Waals surface area contributed by atoms with Crippen molar-refractivity contribution in [2.45, 2.75) is 78.7 Å². The number of fused-ring (bicyclic) bond motifs is 1. The molecule has 222 valence electrons. The Morgan fingerprint density at radius 1 is 1.00 bits per heavy atom. The molecule has 0 amide bonds. The number of unbranched alkanes of at least 4 members (excludes halogenated alkanes) is 2. The third-order valence-corrected chi connectivity index (χ3v) is 8.12. The molecule has 1 aromatic carbocycles. The molecule has 0 saturated heterocycles. The largest absolute Gasteiger partial charge is 0.481 e. The molecule has 1 atom stereocenters. The average molecular weight is 577 g/mol. The summed E-state index contributed by atoms with van der Waals surface area (Å²) in [5.74, 6) is -1.48. The molecule has 2 heterocycles. The van der Waals surface area contributed by atoms with E-state index in [1.54, 1.807) is 12.1 Å². The van der Waals surface area contributed by atoms with Crippen molar-refractivity contribution in [3.05, 3.63) is 53.3 Å². The Balaban J connectivity index is 1.40. The lowest BCUT2D eigenvalue weighted by molar-refractivity contribution is -0.138. The zero-order valence-corrected chi connectivity index (χ0v) is 25.2. The van der Waals surface area contributed by atoms with Gasteiger partial charge in [0.05, 0.1) is 31.4 Å². The number of carbonyl (C=O) groups is 2. The molecule has 2 aromatic rings. The number of benzene rings is 1. The smallest absolute Gasteiger partial charge is 0.334 e. The number of nitrogens with one attached hydrogen (secondary N) is 1. The molecular weight excluding hydrogens is 531 g/mol. The summed E-state index contributed by atoms with van der Waals surface area (Å²) in [4.78, 5) is 24.5. The van der Waals surface area contributed by atoms with E-state index in [1.165, 1.54) is 0 Å². The summed E-state index contributed by atoms with van der Waals surface area (Å²) in [6.45, 7) is 11.8. The molecule has 1 aliphatic heterocycles. The Labute approximate surface area is 239 Å². The van der Waals surface area contributed by atoms with Crippen molar-refractivity contribution in [1.82, 2.24) is 4.57 Å². The molecule has 0 aliphatic carbocycles. The van der Waals surface area contributed by atoms with Crippen LogP contribution in [0.1, 0.15) is 93.9 Å². The standard InChI is InChI=1S/C30H45N2O7P/c1-5-7-18-37-40(38-19-8-6-2)39-22-36-20-16-30(3,4)21-31-24-11-9-23(10-12-24)28(33)27-14-13-26-25(29(34)35)15-17-32(26)27/h9-14,25,31H,5-8,15-22H2,1-4H3,(H,34,35). The number of aromatic nitrogens is 1. The second kappa shape index (κ2) is 16.2. The van der Waals surface area contributed by atoms with E-state index in [4.69, 9.17) is 18.3 Å². The Bertz CT molecular complexity index is 1060. The second-order valence-corrected chi connectivity index (χ2v) is 12.1. The number of nitrogens with zero attached hydrogens (tertiary/aromatic N) is 1. The molecular formula is C30H45N2O7P. The second-order valence-electron chi connectivity index (χ2n) is 10.9. The molecule has 3 rings (SSSR count). The van der Waals surface area contributed by atoms with Crippen molar-refractivity contribution in [2.75, 3.05) is 38.5 Å². The lowest BCUT2D eigenvalue weighted by Gasteiger charge is -2.25. The first kappa shape index (κ1) is 32.2. The van der Waals surface area contributed by atoms with E-state index in [0.717, 1.165) is 44.3 Å². The third-order valence-electron chi connectivity index (χ3n) is 7.02. The van der Waals surface area contributed by atoms with Gasteiger partial charge in [-0.25, -0.2) is 0 Å². The van der Waals surface area contributed by atoms with Crippen LogP contribution >= 0.6 is 8.60 Å². The Kier molecular flexibility index (Phi) is 13.1. The quantitative estimate of drug-likeness (QED) is 0.0753. The average Bonchev–Trinajstić information content (AvgIpc) is 3.54. The van der Waals surface area contributed by atoms with Gasteiger partial charge in [-0.2, -0.15) is 0 Å². The van der Waals surface area contributed by atoms with E-state index in [9.17, 15) is 14.7 Å². The summed E-state index contributed by atoms with van der Waals surface area (Å²) < 4.78 is 24.7. The van der Waals surface area contributed by atoms with Crippen molar-refractivity contribution in [1.29, 1.82) is 0 Å². The highest BCUT2D eigenvalue weighted by Gasteiger charge is 2.31. The van der Waals surface area contributed by atoms with Crippen molar-refractivity contribution < 1.29 is 33.0 Å². The fourth-order valence-electron chi connectivity index (χ4n) is 4.37. The number of carboxylic acids is 1. The van der Waals surface area contributed by atoms with E-state index in [0.29, 0.717) is 49.7 Å². The van der Waals surface area contributed by atoms with Crippen LogP contribution in [0.3, 0.4) is 0 Å². The first-order valence-electron chi connectivity index (χ1n) is 14.3. The van der Waals surface area contributed by atoms with Gasteiger partial charge in [-0.05, 0) is 67.5 Å². The molecule has 0 fully saturated rings. The van der Waals surface area contributed by atoms with E-state index >= 15 is 0 Å². The van der Waals surface area contributed by atoms with Gasteiger partial charge in [-0.15, -0.1) is 0 Å². The monoisotopic (exact) mass is 576 g/mol. The summed E-state index contributed by atoms with van der Waals surface area (Å²) in [5, 5.41) is 12.9. The number of carboxylic acid groups (broad SMARTS) is 1. The molecule has 9 nitrogen and oxygen atoms in total. The summed E-state index contributed by atoms with van der Waals surface area (Å²) in [6.07, 6.45) is 5.43. The van der Waals surface area contributed by atoms with Crippen LogP contribution in [0.25, 0.3) is 0 Å². The van der Waals surface area contributed by atoms with E-state index in [2.05, 4.69) is 33.0 Å². The van der Waals surface area contributed by atoms with Crippen LogP contribution < -0.4 is 5.32 Å². The predicted octanol–water partition coefficient (Wildman–Crippen LogP) is 6.97. The summed E-state index contributed by atoms with van der Waals surface area (Å²) in [5.41, 5.74) is 2.72. The van der Waals surface area contributed by atoms with Gasteiger partial charge in [0.15, 0.2) is 6.79 Å². The van der Waals surface area contributed by atoms with Crippen LogP contribution in [-0.2, 0) is 29.6 Å². The highest BCUT2D eigenvalue weighted by Crippen LogP contribution is 2.40. The zero-order chi connectivity index (χ0) is 29.0. The van der Waals surface area contributed by atoms with Gasteiger partial charge in [-0.1, -0.05) is 40.5 Å². The Morgan fingerprint density at radius 2 is 1.68 bits per heavy atom. The SMILES string of the molecule is CCCCOP(OCCCC)OCOCCC(C)(C)CNc1ccc(C(=O)c2ccc3n2CCC3C(=O)O)cc1. The molecule has 0 spiro atoms. The molecule has 1 unspecified atom stereocenters. The summed E-state index contributed by atoms with van der Waals surface area (Å²) in [6, 6.07) is 10.9. The van der Waals surface area contributed by atoms with Crippen LogP contribution in [-0.4, -0.2) is 54.6 Å². The fourth-order valence-corrected chi connectivity index (χ4v) is 5.32. The number of anilines is 1. The van der Waals surface area contributed by atoms with Gasteiger partial charge in [0.2, 0.25) is 5.78 Å². The van der Waals surface area contributed by atoms with Crippen LogP contribution in [0.5, 0.6) is 0 Å². The van der Waals surface area contributed by atoms with Gasteiger partial charge in [0, 0.05) is 30.0 Å². The van der Waals surface area contributed by atoms with Crippen molar-refractivity contribution >= 4 is 26.0 Å². The molecule has 10 heteroatoms. The minimum atomic E-state index is -1.38. The van der Waals surface area contributed by atoms with Gasteiger partial charge >= 0.3 is 14.6 Å². The number of hydrogen-bond acceptors (Lipinski definition) is 7. The maximum Gasteiger partial charge on any atom is 0.334 e. The Morgan fingerprint density at radius 3 is 2.30 bits per heavy atom. The number of hydrogen-bond donors (Lipinski definition) is 2. The third kappa shape index (κ3) is 9.67. The van der Waals surface area contributed by atoms with Gasteiger partial charge in [-0.3, -0.25) is 14.1 Å². The minimum absolute atomic E-state index is 0.0261. The number of ketones is 1. The first-order valence-corrected chi connectivity index (χ1v) is 15.4. The van der Waals surface area contributed by atoms with Crippen LogP contribution in [0.2, 0.25) is 0 Å². The molecule has 0 bridgehead atoms. The first-order chi connectivity index (χ1) is 19.3. The normalized spacial score (nSPS) is 15.0. The molecule has 0 saturated carbocycles. The highest BCUT2D eigenvalue weighted by atomic mass is 31.2. The van der Waals surface area contributed by atoms with Crippen molar-refractivity contribution in [3.63, 3.8) is 0 Å². The minimum Gasteiger partial charge on any atom is -0.481 e. The number of carbonyl (C=O) groups excluding carboxylic acids is 1. The predicted molar refractivity (Wildman–Crippen MR) is 157 cm³/mol. The fraction of sp³-hybridized carbons (Fsp3) is 0.600. The van der Waals surface area contributed by atoms with Crippen LogP contribution in [0.15, 0.2) is 36.4 Å². The van der Waals surface area contributed by atoms with E-state index < -0.39 is 20.5 Å².